The second-order valence-electron chi connectivity index (χ2n) is 4.84. The van der Waals surface area contributed by atoms with Crippen molar-refractivity contribution in [3.05, 3.63) is 34.6 Å². The maximum atomic E-state index is 12.4. The van der Waals surface area contributed by atoms with Gasteiger partial charge in [-0.1, -0.05) is 18.5 Å². The number of carbonyl (C=O) groups excluding carboxylic acids is 1. The molecule has 112 valence electrons. The lowest BCUT2D eigenvalue weighted by atomic mass is 10.2. The van der Waals surface area contributed by atoms with Crippen LogP contribution in [0.25, 0.3) is 0 Å². The summed E-state index contributed by atoms with van der Waals surface area (Å²) in [6.45, 7) is 3.42. The zero-order valence-electron chi connectivity index (χ0n) is 11.6. The Labute approximate surface area is 126 Å². The number of halogens is 1. The van der Waals surface area contributed by atoms with Crippen LogP contribution in [0.3, 0.4) is 0 Å². The Bertz CT molecular complexity index is 638. The van der Waals surface area contributed by atoms with Crippen LogP contribution in [0.4, 0.5) is 0 Å². The number of nitrogens with zero attached hydrogens (tertiary/aromatic N) is 3. The number of aryl methyl sites for hydroxylation is 1. The van der Waals surface area contributed by atoms with Crippen LogP contribution in [0.2, 0.25) is 5.02 Å². The highest BCUT2D eigenvalue weighted by molar-refractivity contribution is 6.30. The minimum atomic E-state index is -0.301. The molecule has 7 nitrogen and oxygen atoms in total. The molecule has 1 fully saturated rings. The van der Waals surface area contributed by atoms with E-state index < -0.39 is 0 Å². The Balaban J connectivity index is 1.72. The number of carbonyl (C=O) groups is 1. The van der Waals surface area contributed by atoms with Crippen molar-refractivity contribution in [2.45, 2.75) is 19.4 Å². The molecule has 0 bridgehead atoms. The summed E-state index contributed by atoms with van der Waals surface area (Å²) in [5, 5.41) is 7.54. The van der Waals surface area contributed by atoms with Crippen LogP contribution in [0.15, 0.2) is 12.3 Å². The lowest BCUT2D eigenvalue weighted by molar-refractivity contribution is -0.0268. The van der Waals surface area contributed by atoms with E-state index in [1.807, 2.05) is 6.92 Å². The van der Waals surface area contributed by atoms with Crippen molar-refractivity contribution in [3.63, 3.8) is 0 Å². The predicted molar refractivity (Wildman–Crippen MR) is 76.2 cm³/mol. The van der Waals surface area contributed by atoms with E-state index in [9.17, 15) is 4.79 Å². The average molecular weight is 310 g/mol. The van der Waals surface area contributed by atoms with Gasteiger partial charge in [-0.2, -0.15) is 5.10 Å². The molecule has 1 aliphatic rings. The van der Waals surface area contributed by atoms with Crippen molar-refractivity contribution < 1.29 is 9.53 Å². The molecule has 0 aromatic carbocycles. The van der Waals surface area contributed by atoms with E-state index in [1.165, 1.54) is 0 Å². The van der Waals surface area contributed by atoms with Crippen LogP contribution >= 0.6 is 11.6 Å². The molecule has 2 aromatic heterocycles. The van der Waals surface area contributed by atoms with Gasteiger partial charge >= 0.3 is 0 Å². The number of ether oxygens (including phenoxy) is 1. The molecular weight excluding hydrogens is 294 g/mol. The van der Waals surface area contributed by atoms with E-state index in [0.29, 0.717) is 36.2 Å². The minimum absolute atomic E-state index is 0.0959. The molecule has 21 heavy (non-hydrogen) atoms. The molecule has 1 aliphatic heterocycles. The van der Waals surface area contributed by atoms with E-state index in [-0.39, 0.29) is 12.0 Å². The van der Waals surface area contributed by atoms with Crippen LogP contribution < -0.4 is 0 Å². The molecule has 2 aromatic rings. The van der Waals surface area contributed by atoms with Crippen molar-refractivity contribution in [3.8, 4) is 0 Å². The summed E-state index contributed by atoms with van der Waals surface area (Å²) in [6.07, 6.45) is 2.07. The predicted octanol–water partition coefficient (Wildman–Crippen LogP) is 1.56. The molecule has 0 unspecified atom stereocenters. The van der Waals surface area contributed by atoms with Gasteiger partial charge in [0.1, 0.15) is 17.6 Å². The van der Waals surface area contributed by atoms with Crippen LogP contribution in [0, 0.1) is 0 Å². The average Bonchev–Trinajstić information content (AvgIpc) is 3.15. The van der Waals surface area contributed by atoms with Crippen LogP contribution in [0.5, 0.6) is 0 Å². The van der Waals surface area contributed by atoms with Crippen molar-refractivity contribution >= 4 is 17.5 Å². The number of hydrogen-bond donors (Lipinski definition) is 2. The van der Waals surface area contributed by atoms with E-state index in [4.69, 9.17) is 16.3 Å². The van der Waals surface area contributed by atoms with Crippen LogP contribution in [-0.4, -0.2) is 50.7 Å². The molecular formula is C13H16ClN5O2. The normalized spacial score (nSPS) is 19.0. The van der Waals surface area contributed by atoms with Gasteiger partial charge in [0.15, 0.2) is 5.82 Å². The number of aromatic nitrogens is 4. The summed E-state index contributed by atoms with van der Waals surface area (Å²) in [6, 6.07) is 1.62. The summed E-state index contributed by atoms with van der Waals surface area (Å²) < 4.78 is 5.67. The fraction of sp³-hybridized carbons (Fsp3) is 0.462. The Kier molecular flexibility index (Phi) is 3.94. The van der Waals surface area contributed by atoms with Crippen molar-refractivity contribution in [1.29, 1.82) is 0 Å². The van der Waals surface area contributed by atoms with Gasteiger partial charge in [-0.05, 0) is 6.07 Å². The van der Waals surface area contributed by atoms with Gasteiger partial charge in [0, 0.05) is 19.2 Å². The van der Waals surface area contributed by atoms with Crippen LogP contribution in [-0.2, 0) is 11.2 Å². The second-order valence-corrected chi connectivity index (χ2v) is 5.27. The summed E-state index contributed by atoms with van der Waals surface area (Å²) in [7, 11) is 0. The number of aromatic amines is 2. The zero-order valence-corrected chi connectivity index (χ0v) is 12.4. The third-order valence-electron chi connectivity index (χ3n) is 3.40. The van der Waals surface area contributed by atoms with Crippen molar-refractivity contribution in [2.24, 2.45) is 0 Å². The molecule has 0 aliphatic carbocycles. The number of morpholine rings is 1. The smallest absolute Gasteiger partial charge is 0.270 e. The largest absolute Gasteiger partial charge is 0.366 e. The van der Waals surface area contributed by atoms with Crippen molar-refractivity contribution in [1.82, 2.24) is 25.1 Å². The van der Waals surface area contributed by atoms with Gasteiger partial charge in [0.2, 0.25) is 0 Å². The Hall–Kier alpha value is -1.86. The maximum absolute atomic E-state index is 12.4. The third kappa shape index (κ3) is 2.93. The van der Waals surface area contributed by atoms with Crippen LogP contribution in [0.1, 0.15) is 35.2 Å². The first-order valence-corrected chi connectivity index (χ1v) is 7.21. The molecule has 3 rings (SSSR count). The second kappa shape index (κ2) is 5.87. The fourth-order valence-corrected chi connectivity index (χ4v) is 2.43. The van der Waals surface area contributed by atoms with Gasteiger partial charge in [0.25, 0.3) is 5.91 Å². The standard InChI is InChI=1S/C13H16ClN5O2/c1-2-11-16-12(18-17-11)10-7-19(3-4-21-10)13(20)9-5-8(14)6-15-9/h5-6,10,15H,2-4,7H2,1H3,(H,16,17,18)/t10-/m1/s1. The Morgan fingerprint density at radius 1 is 1.62 bits per heavy atom. The zero-order chi connectivity index (χ0) is 14.8. The SMILES string of the molecule is CCc1nc([C@H]2CN(C(=O)c3cc(Cl)c[nH]3)CCO2)n[nH]1. The summed E-state index contributed by atoms with van der Waals surface area (Å²) in [5.74, 6) is 1.31. The van der Waals surface area contributed by atoms with E-state index in [2.05, 4.69) is 20.2 Å². The monoisotopic (exact) mass is 309 g/mol. The van der Waals surface area contributed by atoms with Gasteiger partial charge in [-0.3, -0.25) is 9.89 Å². The molecule has 0 spiro atoms. The molecule has 1 atom stereocenters. The minimum Gasteiger partial charge on any atom is -0.366 e. The number of H-pyrrole nitrogens is 2. The van der Waals surface area contributed by atoms with E-state index in [0.717, 1.165) is 12.2 Å². The quantitative estimate of drug-likeness (QED) is 0.901. The van der Waals surface area contributed by atoms with Crippen molar-refractivity contribution in [2.75, 3.05) is 19.7 Å². The van der Waals surface area contributed by atoms with Gasteiger partial charge in [0.05, 0.1) is 18.2 Å². The molecule has 8 heteroatoms. The highest BCUT2D eigenvalue weighted by Crippen LogP contribution is 2.21. The molecule has 1 saturated heterocycles. The topological polar surface area (TPSA) is 86.9 Å². The number of rotatable bonds is 3. The first kappa shape index (κ1) is 14.1. The maximum Gasteiger partial charge on any atom is 0.270 e. The summed E-state index contributed by atoms with van der Waals surface area (Å²) in [4.78, 5) is 21.3. The number of nitrogens with one attached hydrogen (secondary N) is 2. The lowest BCUT2D eigenvalue weighted by Gasteiger charge is -2.31. The molecule has 0 saturated carbocycles. The van der Waals surface area contributed by atoms with Gasteiger partial charge in [-0.15, -0.1) is 0 Å². The Morgan fingerprint density at radius 2 is 2.48 bits per heavy atom. The summed E-state index contributed by atoms with van der Waals surface area (Å²) in [5.41, 5.74) is 0.477. The number of hydrogen-bond acceptors (Lipinski definition) is 4. The third-order valence-corrected chi connectivity index (χ3v) is 3.62. The van der Waals surface area contributed by atoms with Gasteiger partial charge in [-0.25, -0.2) is 4.98 Å². The number of amides is 1. The highest BCUT2D eigenvalue weighted by Gasteiger charge is 2.29. The van der Waals surface area contributed by atoms with E-state index >= 15 is 0 Å². The van der Waals surface area contributed by atoms with E-state index in [1.54, 1.807) is 17.2 Å². The molecule has 3 heterocycles. The fourth-order valence-electron chi connectivity index (χ4n) is 2.26. The highest BCUT2D eigenvalue weighted by atomic mass is 35.5. The first-order valence-electron chi connectivity index (χ1n) is 6.83. The van der Waals surface area contributed by atoms with Gasteiger partial charge < -0.3 is 14.6 Å². The summed E-state index contributed by atoms with van der Waals surface area (Å²) >= 11 is 5.84. The lowest BCUT2D eigenvalue weighted by Crippen LogP contribution is -2.42. The molecule has 2 N–H and O–H groups in total. The Morgan fingerprint density at radius 3 is 3.14 bits per heavy atom. The first-order chi connectivity index (χ1) is 10.2. The molecule has 1 amide bonds. The molecule has 0 radical (unpaired) electrons.